The van der Waals surface area contributed by atoms with Crippen LogP contribution in [0.15, 0.2) is 57.6 Å². The van der Waals surface area contributed by atoms with Crippen LogP contribution < -0.4 is 19.3 Å². The fraction of sp³-hybridized carbons (Fsp3) is 0.312. The number of nitro benzene ring substituents is 2. The van der Waals surface area contributed by atoms with Crippen LogP contribution in [0.1, 0.15) is 24.3 Å². The Morgan fingerprint density at radius 3 is 2.17 bits per heavy atom. The van der Waals surface area contributed by atoms with Crippen LogP contribution in [0, 0.1) is 38.0 Å². The molecule has 0 spiro atoms. The summed E-state index contributed by atoms with van der Waals surface area (Å²) in [6.45, 7) is 0. The minimum absolute atomic E-state index is 0.00626. The summed E-state index contributed by atoms with van der Waals surface area (Å²) in [4.78, 5) is 79.7. The van der Waals surface area contributed by atoms with E-state index in [1.807, 2.05) is 0 Å². The predicted octanol–water partition coefficient (Wildman–Crippen LogP) is 4.26. The summed E-state index contributed by atoms with van der Waals surface area (Å²) in [5.74, 6) is -6.30. The van der Waals surface area contributed by atoms with Gasteiger partial charge in [0.25, 0.3) is 0 Å². The second-order valence-electron chi connectivity index (χ2n) is 11.9. The molecule has 0 bridgehead atoms. The van der Waals surface area contributed by atoms with Gasteiger partial charge in [0.1, 0.15) is 17.2 Å². The number of benzene rings is 2. The summed E-state index contributed by atoms with van der Waals surface area (Å²) in [5, 5.41) is 35.3. The van der Waals surface area contributed by atoms with Gasteiger partial charge >= 0.3 is 11.4 Å². The zero-order chi connectivity index (χ0) is 34.9. The number of carbonyl (C=O) groups excluding carboxylic acids is 4. The zero-order valence-corrected chi connectivity index (χ0v) is 27.5. The SMILES string of the molecule is COc1cc(O)c(C2C3=CCC4C(=O)N(c5cc([N+](=O)[O-])c(N(C)C)c([N+](=O)[O-])c5)C(=O)C4C3CC3=C2C(=O)C=C(Br)C3=O)c(OC)c1. The predicted molar refractivity (Wildman–Crippen MR) is 172 cm³/mol. The molecule has 48 heavy (non-hydrogen) atoms. The van der Waals surface area contributed by atoms with Gasteiger partial charge in [-0.2, -0.15) is 0 Å². The van der Waals surface area contributed by atoms with Gasteiger partial charge in [0, 0.05) is 67.1 Å². The number of phenolic OH excluding ortho intramolecular Hbond substituents is 1. The Hall–Kier alpha value is -5.38. The third-order valence-electron chi connectivity index (χ3n) is 9.32. The first-order valence-electron chi connectivity index (χ1n) is 14.6. The van der Waals surface area contributed by atoms with Crippen molar-refractivity contribution in [1.82, 2.24) is 0 Å². The van der Waals surface area contributed by atoms with Crippen LogP contribution in [-0.2, 0) is 19.2 Å². The second kappa shape index (κ2) is 11.7. The van der Waals surface area contributed by atoms with Crippen LogP contribution in [0.25, 0.3) is 0 Å². The van der Waals surface area contributed by atoms with Crippen molar-refractivity contribution in [3.63, 3.8) is 0 Å². The molecular formula is C32H27BrN4O11. The van der Waals surface area contributed by atoms with Gasteiger partial charge in [0.15, 0.2) is 17.3 Å². The number of Topliss-reactive ketones (excluding diaryl/α,β-unsaturated/α-hetero) is 1. The third kappa shape index (κ3) is 4.77. The lowest BCUT2D eigenvalue weighted by Crippen LogP contribution is -2.39. The molecular weight excluding hydrogens is 696 g/mol. The lowest BCUT2D eigenvalue weighted by molar-refractivity contribution is -0.392. The molecule has 4 atom stereocenters. The number of halogens is 1. The molecule has 16 heteroatoms. The first kappa shape index (κ1) is 32.6. The number of hydrogen-bond donors (Lipinski definition) is 1. The number of anilines is 2. The summed E-state index contributed by atoms with van der Waals surface area (Å²) >= 11 is 3.16. The molecule has 1 saturated heterocycles. The smallest absolute Gasteiger partial charge is 0.301 e. The monoisotopic (exact) mass is 722 g/mol. The molecule has 2 aromatic carbocycles. The molecule has 1 heterocycles. The van der Waals surface area contributed by atoms with Crippen molar-refractivity contribution >= 4 is 62.1 Å². The van der Waals surface area contributed by atoms with Gasteiger partial charge in [-0.15, -0.1) is 0 Å². The van der Waals surface area contributed by atoms with Crippen molar-refractivity contribution in [3.05, 3.63) is 83.4 Å². The van der Waals surface area contributed by atoms with Crippen LogP contribution >= 0.6 is 15.9 Å². The van der Waals surface area contributed by atoms with Gasteiger partial charge in [-0.1, -0.05) is 11.6 Å². The van der Waals surface area contributed by atoms with Crippen LogP contribution in [0.4, 0.5) is 22.7 Å². The topological polar surface area (TPSA) is 200 Å². The summed E-state index contributed by atoms with van der Waals surface area (Å²) in [5.41, 5.74) is -1.12. The van der Waals surface area contributed by atoms with Gasteiger partial charge in [0.05, 0.1) is 46.1 Å². The molecule has 4 unspecified atom stereocenters. The number of rotatable bonds is 7. The molecule has 3 aliphatic carbocycles. The maximum Gasteiger partial charge on any atom is 0.301 e. The number of aromatic hydroxyl groups is 1. The van der Waals surface area contributed by atoms with Crippen molar-refractivity contribution < 1.29 is 43.6 Å². The average molecular weight is 723 g/mol. The molecule has 15 nitrogen and oxygen atoms in total. The number of allylic oxidation sites excluding steroid dienone is 6. The van der Waals surface area contributed by atoms with Gasteiger partial charge in [0.2, 0.25) is 11.8 Å². The molecule has 4 aliphatic rings. The van der Waals surface area contributed by atoms with Crippen LogP contribution in [0.5, 0.6) is 17.2 Å². The Kier molecular flexibility index (Phi) is 7.93. The highest BCUT2D eigenvalue weighted by atomic mass is 79.9. The molecule has 2 aromatic rings. The Morgan fingerprint density at radius 1 is 0.958 bits per heavy atom. The first-order valence-corrected chi connectivity index (χ1v) is 15.4. The quantitative estimate of drug-likeness (QED) is 0.140. The van der Waals surface area contributed by atoms with E-state index < -0.39 is 68.3 Å². The Balaban J connectivity index is 1.52. The van der Waals surface area contributed by atoms with Crippen LogP contribution in [0.2, 0.25) is 0 Å². The van der Waals surface area contributed by atoms with Gasteiger partial charge in [-0.25, -0.2) is 4.90 Å². The normalized spacial score (nSPS) is 23.2. The number of fused-ring (bicyclic) bond motifs is 3. The molecule has 248 valence electrons. The average Bonchev–Trinajstić information content (AvgIpc) is 3.30. The van der Waals surface area contributed by atoms with E-state index in [9.17, 15) is 44.5 Å². The van der Waals surface area contributed by atoms with Crippen molar-refractivity contribution in [2.75, 3.05) is 38.1 Å². The third-order valence-corrected chi connectivity index (χ3v) is 9.91. The summed E-state index contributed by atoms with van der Waals surface area (Å²) < 4.78 is 10.9. The molecule has 0 saturated carbocycles. The van der Waals surface area contributed by atoms with Crippen molar-refractivity contribution in [1.29, 1.82) is 0 Å². The molecule has 0 radical (unpaired) electrons. The maximum absolute atomic E-state index is 14.3. The molecule has 1 N–H and O–H groups in total. The molecule has 2 amide bonds. The number of ketones is 2. The van der Waals surface area contributed by atoms with Crippen molar-refractivity contribution in [2.24, 2.45) is 17.8 Å². The number of nitro groups is 2. The number of imide groups is 1. The van der Waals surface area contributed by atoms with E-state index in [0.29, 0.717) is 5.57 Å². The number of methoxy groups -OCH3 is 2. The van der Waals surface area contributed by atoms with E-state index in [1.54, 1.807) is 6.08 Å². The van der Waals surface area contributed by atoms with E-state index in [-0.39, 0.29) is 62.7 Å². The van der Waals surface area contributed by atoms with Gasteiger partial charge in [-0.05, 0) is 34.7 Å². The Morgan fingerprint density at radius 2 is 1.60 bits per heavy atom. The Labute approximate surface area is 280 Å². The Bertz CT molecular complexity index is 1950. The first-order chi connectivity index (χ1) is 22.7. The van der Waals surface area contributed by atoms with E-state index in [1.165, 1.54) is 45.3 Å². The zero-order valence-electron chi connectivity index (χ0n) is 25.9. The van der Waals surface area contributed by atoms with E-state index in [4.69, 9.17) is 9.47 Å². The minimum atomic E-state index is -1.10. The number of hydrogen-bond acceptors (Lipinski definition) is 12. The van der Waals surface area contributed by atoms with E-state index >= 15 is 0 Å². The fourth-order valence-corrected chi connectivity index (χ4v) is 7.86. The number of phenols is 1. The molecule has 6 rings (SSSR count). The number of carbonyl (C=O) groups is 4. The highest BCUT2D eigenvalue weighted by molar-refractivity contribution is 9.12. The molecule has 1 fully saturated rings. The standard InChI is InChI=1S/C32H27BrN4O11/c1-34(2)29-20(36(43)44)7-13(8-21(29)37(45)46)35-31(41)16-6-5-15-17(25(16)32(35)42)11-18-26(23(39)12-19(33)30(18)40)27(15)28-22(38)9-14(47-3)10-24(28)48-4/h5,7-10,12,16-17,25,27,38H,6,11H2,1-4H3. The number of ether oxygens (including phenoxy) is 2. The maximum atomic E-state index is 14.3. The molecule has 0 aromatic heterocycles. The van der Waals surface area contributed by atoms with E-state index in [2.05, 4.69) is 15.9 Å². The number of nitrogens with zero attached hydrogens (tertiary/aromatic N) is 4. The van der Waals surface area contributed by atoms with Crippen molar-refractivity contribution in [2.45, 2.75) is 18.8 Å². The summed E-state index contributed by atoms with van der Waals surface area (Å²) in [6.07, 6.45) is 2.77. The highest BCUT2D eigenvalue weighted by Gasteiger charge is 2.57. The second-order valence-corrected chi connectivity index (χ2v) is 12.8. The lowest BCUT2D eigenvalue weighted by atomic mass is 9.59. The van der Waals surface area contributed by atoms with Gasteiger partial charge < -0.3 is 19.5 Å². The molecule has 1 aliphatic heterocycles. The summed E-state index contributed by atoms with van der Waals surface area (Å²) in [7, 11) is 5.55. The summed E-state index contributed by atoms with van der Waals surface area (Å²) in [6, 6.07) is 4.76. The van der Waals surface area contributed by atoms with Gasteiger partial charge in [-0.3, -0.25) is 39.4 Å². The minimum Gasteiger partial charge on any atom is -0.507 e. The van der Waals surface area contributed by atoms with Crippen molar-refractivity contribution in [3.8, 4) is 17.2 Å². The lowest BCUT2D eigenvalue weighted by Gasteiger charge is -2.42. The number of amides is 2. The fourth-order valence-electron chi connectivity index (χ4n) is 7.41. The highest BCUT2D eigenvalue weighted by Crippen LogP contribution is 2.58. The van der Waals surface area contributed by atoms with Crippen LogP contribution in [0.3, 0.4) is 0 Å². The van der Waals surface area contributed by atoms with E-state index in [0.717, 1.165) is 23.1 Å². The van der Waals surface area contributed by atoms with Crippen LogP contribution in [-0.4, -0.2) is 66.6 Å². The largest absolute Gasteiger partial charge is 0.507 e.